The van der Waals surface area contributed by atoms with Gasteiger partial charge in [-0.05, 0) is 0 Å². The third kappa shape index (κ3) is 1.24. The summed E-state index contributed by atoms with van der Waals surface area (Å²) in [4.78, 5) is 3.77. The van der Waals surface area contributed by atoms with Crippen molar-refractivity contribution in [2.75, 3.05) is 11.6 Å². The smallest absolute Gasteiger partial charge is 0.236 e. The monoisotopic (exact) mass is 137 g/mol. The summed E-state index contributed by atoms with van der Waals surface area (Å²) in [7, 11) is 0. The summed E-state index contributed by atoms with van der Waals surface area (Å²) >= 11 is 0. The van der Waals surface area contributed by atoms with Gasteiger partial charge in [0.1, 0.15) is 6.33 Å². The van der Waals surface area contributed by atoms with E-state index in [9.17, 15) is 0 Å². The summed E-state index contributed by atoms with van der Waals surface area (Å²) in [6.07, 6.45) is 6.37. The van der Waals surface area contributed by atoms with Crippen LogP contribution in [0.15, 0.2) is 6.33 Å². The van der Waals surface area contributed by atoms with Gasteiger partial charge in [0.2, 0.25) is 5.95 Å². The number of hydrogen-bond donors (Lipinski definition) is 2. The Bertz CT molecular complexity index is 221. The van der Waals surface area contributed by atoms with Gasteiger partial charge in [-0.2, -0.15) is 10.1 Å². The van der Waals surface area contributed by atoms with E-state index < -0.39 is 0 Å². The summed E-state index contributed by atoms with van der Waals surface area (Å²) < 4.78 is 0. The molecule has 0 saturated carbocycles. The fraction of sp³-hybridized carbons (Fsp3) is 0.200. The second-order valence-corrected chi connectivity index (χ2v) is 1.64. The normalized spacial score (nSPS) is 8.80. The van der Waals surface area contributed by atoms with Crippen LogP contribution in [0.2, 0.25) is 0 Å². The zero-order chi connectivity index (χ0) is 7.40. The van der Waals surface area contributed by atoms with E-state index in [2.05, 4.69) is 21.1 Å². The first-order valence-electron chi connectivity index (χ1n) is 2.65. The van der Waals surface area contributed by atoms with Gasteiger partial charge >= 0.3 is 0 Å². The first-order valence-corrected chi connectivity index (χ1v) is 2.65. The maximum atomic E-state index is 5.41. The number of aromatic amines is 1. The molecule has 0 bridgehead atoms. The molecule has 0 aliphatic carbocycles. The minimum Gasteiger partial charge on any atom is -0.267 e. The lowest BCUT2D eigenvalue weighted by molar-refractivity contribution is 0.890. The van der Waals surface area contributed by atoms with E-state index in [4.69, 9.17) is 12.3 Å². The third-order valence-electron chi connectivity index (χ3n) is 0.936. The topological polar surface area (TPSA) is 70.8 Å². The van der Waals surface area contributed by atoms with Crippen LogP contribution in [0.4, 0.5) is 5.95 Å². The molecule has 0 amide bonds. The molecule has 0 aromatic carbocycles. The Morgan fingerprint density at radius 3 is 3.20 bits per heavy atom. The second kappa shape index (κ2) is 2.85. The van der Waals surface area contributed by atoms with Crippen molar-refractivity contribution in [2.45, 2.75) is 0 Å². The van der Waals surface area contributed by atoms with Gasteiger partial charge in [-0.25, -0.2) is 10.9 Å². The standard InChI is InChI=1S/C5H7N5/c1-2-3-10(6)5-7-4-8-9-5/h1,4H,3,6H2,(H,7,8,9). The van der Waals surface area contributed by atoms with Gasteiger partial charge in [-0.1, -0.05) is 5.92 Å². The molecule has 0 saturated heterocycles. The van der Waals surface area contributed by atoms with Crippen molar-refractivity contribution in [2.24, 2.45) is 5.84 Å². The third-order valence-corrected chi connectivity index (χ3v) is 0.936. The number of aromatic nitrogens is 3. The van der Waals surface area contributed by atoms with Crippen LogP contribution in [0.3, 0.4) is 0 Å². The Morgan fingerprint density at radius 2 is 2.70 bits per heavy atom. The predicted octanol–water partition coefficient (Wildman–Crippen LogP) is -0.882. The molecule has 1 rings (SSSR count). The molecule has 1 aromatic heterocycles. The first kappa shape index (κ1) is 6.58. The number of nitrogens with one attached hydrogen (secondary N) is 1. The van der Waals surface area contributed by atoms with Crippen LogP contribution in [-0.4, -0.2) is 21.7 Å². The van der Waals surface area contributed by atoms with Crippen LogP contribution < -0.4 is 10.9 Å². The zero-order valence-corrected chi connectivity index (χ0v) is 5.28. The molecular formula is C5H7N5. The fourth-order valence-corrected chi connectivity index (χ4v) is 0.511. The van der Waals surface area contributed by atoms with Gasteiger partial charge in [0.25, 0.3) is 0 Å². The molecule has 52 valence electrons. The number of anilines is 1. The Labute approximate surface area is 58.2 Å². The van der Waals surface area contributed by atoms with Crippen molar-refractivity contribution in [3.8, 4) is 12.3 Å². The lowest BCUT2D eigenvalue weighted by atomic mass is 10.6. The van der Waals surface area contributed by atoms with Crippen molar-refractivity contribution >= 4 is 5.95 Å². The van der Waals surface area contributed by atoms with Crippen LogP contribution in [-0.2, 0) is 0 Å². The van der Waals surface area contributed by atoms with Crippen molar-refractivity contribution in [3.05, 3.63) is 6.33 Å². The number of rotatable bonds is 2. The average Bonchev–Trinajstić information content (AvgIpc) is 2.38. The summed E-state index contributed by atoms with van der Waals surface area (Å²) in [5, 5.41) is 7.46. The lowest BCUT2D eigenvalue weighted by Gasteiger charge is -2.08. The van der Waals surface area contributed by atoms with Crippen LogP contribution in [0.5, 0.6) is 0 Å². The highest BCUT2D eigenvalue weighted by Crippen LogP contribution is 1.95. The molecule has 10 heavy (non-hydrogen) atoms. The Balaban J connectivity index is 2.61. The molecule has 0 atom stereocenters. The van der Waals surface area contributed by atoms with Crippen molar-refractivity contribution in [3.63, 3.8) is 0 Å². The lowest BCUT2D eigenvalue weighted by Crippen LogP contribution is -2.31. The first-order chi connectivity index (χ1) is 4.84. The number of hydrazine groups is 1. The molecule has 0 spiro atoms. The van der Waals surface area contributed by atoms with E-state index in [0.717, 1.165) is 0 Å². The minimum absolute atomic E-state index is 0.315. The summed E-state index contributed by atoms with van der Waals surface area (Å²) in [5.41, 5.74) is 0. The molecule has 0 unspecified atom stereocenters. The quantitative estimate of drug-likeness (QED) is 0.315. The highest BCUT2D eigenvalue weighted by Gasteiger charge is 1.99. The van der Waals surface area contributed by atoms with Crippen LogP contribution >= 0.6 is 0 Å². The van der Waals surface area contributed by atoms with E-state index in [1.165, 1.54) is 11.3 Å². The fourth-order valence-electron chi connectivity index (χ4n) is 0.511. The van der Waals surface area contributed by atoms with Crippen LogP contribution in [0.25, 0.3) is 0 Å². The summed E-state index contributed by atoms with van der Waals surface area (Å²) in [6, 6.07) is 0. The number of hydrogen-bond acceptors (Lipinski definition) is 4. The molecule has 5 heteroatoms. The molecule has 3 N–H and O–H groups in total. The van der Waals surface area contributed by atoms with Gasteiger partial charge in [0.15, 0.2) is 0 Å². The highest BCUT2D eigenvalue weighted by atomic mass is 15.5. The van der Waals surface area contributed by atoms with Crippen molar-refractivity contribution in [1.82, 2.24) is 15.2 Å². The Morgan fingerprint density at radius 1 is 1.90 bits per heavy atom. The highest BCUT2D eigenvalue weighted by molar-refractivity contribution is 5.26. The molecule has 0 aliphatic rings. The van der Waals surface area contributed by atoms with Crippen LogP contribution in [0, 0.1) is 12.3 Å². The van der Waals surface area contributed by atoms with E-state index in [0.29, 0.717) is 12.5 Å². The zero-order valence-electron chi connectivity index (χ0n) is 5.28. The van der Waals surface area contributed by atoms with Gasteiger partial charge < -0.3 is 0 Å². The molecular weight excluding hydrogens is 130 g/mol. The predicted molar refractivity (Wildman–Crippen MR) is 36.7 cm³/mol. The van der Waals surface area contributed by atoms with Gasteiger partial charge in [0.05, 0.1) is 6.54 Å². The minimum atomic E-state index is 0.315. The number of nitrogens with zero attached hydrogens (tertiary/aromatic N) is 3. The number of H-pyrrole nitrogens is 1. The second-order valence-electron chi connectivity index (χ2n) is 1.64. The molecule has 0 radical (unpaired) electrons. The van der Waals surface area contributed by atoms with Crippen molar-refractivity contribution < 1.29 is 0 Å². The molecule has 0 fully saturated rings. The maximum absolute atomic E-state index is 5.41. The van der Waals surface area contributed by atoms with Crippen molar-refractivity contribution in [1.29, 1.82) is 0 Å². The largest absolute Gasteiger partial charge is 0.267 e. The van der Waals surface area contributed by atoms with E-state index in [1.807, 2.05) is 0 Å². The Kier molecular flexibility index (Phi) is 1.87. The average molecular weight is 137 g/mol. The SMILES string of the molecule is C#CCN(N)c1ncn[nH]1. The van der Waals surface area contributed by atoms with E-state index in [-0.39, 0.29) is 0 Å². The Hall–Kier alpha value is -1.54. The number of nitrogens with two attached hydrogens (primary N) is 1. The van der Waals surface area contributed by atoms with Gasteiger partial charge in [-0.3, -0.25) is 5.01 Å². The molecule has 5 nitrogen and oxygen atoms in total. The van der Waals surface area contributed by atoms with E-state index in [1.54, 1.807) is 0 Å². The van der Waals surface area contributed by atoms with Crippen LogP contribution in [0.1, 0.15) is 0 Å². The maximum Gasteiger partial charge on any atom is 0.236 e. The van der Waals surface area contributed by atoms with Gasteiger partial charge in [-0.15, -0.1) is 6.42 Å². The van der Waals surface area contributed by atoms with E-state index >= 15 is 0 Å². The molecule has 0 aliphatic heterocycles. The van der Waals surface area contributed by atoms with Gasteiger partial charge in [0, 0.05) is 0 Å². The number of terminal acetylenes is 1. The molecule has 1 heterocycles. The summed E-state index contributed by atoms with van der Waals surface area (Å²) in [5.74, 6) is 8.25. The summed E-state index contributed by atoms with van der Waals surface area (Å²) in [6.45, 7) is 0.315. The molecule has 1 aromatic rings.